The van der Waals surface area contributed by atoms with Crippen LogP contribution in [0.1, 0.15) is 32.3 Å². The molecule has 2 unspecified atom stereocenters. The number of carboxylic acid groups (broad SMARTS) is 1. The highest BCUT2D eigenvalue weighted by atomic mass is 35.5. The van der Waals surface area contributed by atoms with E-state index in [9.17, 15) is 4.79 Å². The van der Waals surface area contributed by atoms with Crippen molar-refractivity contribution in [3.8, 4) is 0 Å². The summed E-state index contributed by atoms with van der Waals surface area (Å²) in [6.07, 6.45) is 15.3. The first-order chi connectivity index (χ1) is 17.3. The molecule has 2 heterocycles. The van der Waals surface area contributed by atoms with Crippen LogP contribution >= 0.6 is 11.6 Å². The Bertz CT molecular complexity index is 999. The molecule has 1 fully saturated rings. The molecule has 2 aliphatic heterocycles. The van der Waals surface area contributed by atoms with Crippen LogP contribution in [0.5, 0.6) is 0 Å². The Morgan fingerprint density at radius 3 is 2.50 bits per heavy atom. The Morgan fingerprint density at radius 2 is 1.92 bits per heavy atom. The van der Waals surface area contributed by atoms with Crippen molar-refractivity contribution >= 4 is 35.7 Å². The van der Waals surface area contributed by atoms with Gasteiger partial charge in [-0.1, -0.05) is 54.6 Å². The maximum atomic E-state index is 10.6. The van der Waals surface area contributed by atoms with Crippen molar-refractivity contribution < 1.29 is 14.6 Å². The summed E-state index contributed by atoms with van der Waals surface area (Å²) >= 11 is 6.09. The SMILES string of the molecule is C/C(Cl)=C\C1CN=CNCC1/C=C/c1ccc(N2CCCC2)cc1.C=C/C(C)=C(\C=C\OC)C(=O)O. The minimum absolute atomic E-state index is 0.187. The molecular formula is C29H38ClN3O3. The Balaban J connectivity index is 0.000000324. The van der Waals surface area contributed by atoms with Crippen LogP contribution in [-0.2, 0) is 9.53 Å². The van der Waals surface area contributed by atoms with E-state index in [0.29, 0.717) is 17.4 Å². The highest BCUT2D eigenvalue weighted by molar-refractivity contribution is 6.29. The molecule has 2 N–H and O–H groups in total. The molecule has 0 saturated carbocycles. The third kappa shape index (κ3) is 9.78. The molecule has 1 aromatic rings. The van der Waals surface area contributed by atoms with Gasteiger partial charge in [0.05, 0.1) is 25.3 Å². The number of benzene rings is 1. The Kier molecular flexibility index (Phi) is 12.6. The zero-order chi connectivity index (χ0) is 26.3. The summed E-state index contributed by atoms with van der Waals surface area (Å²) in [7, 11) is 1.46. The van der Waals surface area contributed by atoms with E-state index in [1.165, 1.54) is 62.7 Å². The van der Waals surface area contributed by atoms with Gasteiger partial charge < -0.3 is 20.1 Å². The van der Waals surface area contributed by atoms with Gasteiger partial charge in [0.15, 0.2) is 0 Å². The fourth-order valence-electron chi connectivity index (χ4n) is 4.02. The molecule has 0 radical (unpaired) electrons. The monoisotopic (exact) mass is 511 g/mol. The highest BCUT2D eigenvalue weighted by Crippen LogP contribution is 2.23. The molecule has 1 aromatic carbocycles. The lowest BCUT2D eigenvalue weighted by Crippen LogP contribution is -2.23. The van der Waals surface area contributed by atoms with Gasteiger partial charge in [-0.15, -0.1) is 0 Å². The van der Waals surface area contributed by atoms with Gasteiger partial charge in [0.2, 0.25) is 0 Å². The quantitative estimate of drug-likeness (QED) is 0.253. The number of anilines is 1. The number of methoxy groups -OCH3 is 1. The normalized spacial score (nSPS) is 20.9. The summed E-state index contributed by atoms with van der Waals surface area (Å²) in [5, 5.41) is 12.8. The first kappa shape index (κ1) is 29.0. The van der Waals surface area contributed by atoms with Crippen LogP contribution in [0.4, 0.5) is 5.69 Å². The van der Waals surface area contributed by atoms with Crippen molar-refractivity contribution in [1.82, 2.24) is 5.32 Å². The van der Waals surface area contributed by atoms with Crippen LogP contribution in [0, 0.1) is 11.8 Å². The summed E-state index contributed by atoms with van der Waals surface area (Å²) in [5.41, 5.74) is 3.38. The van der Waals surface area contributed by atoms with Crippen molar-refractivity contribution in [2.24, 2.45) is 16.8 Å². The van der Waals surface area contributed by atoms with Crippen LogP contribution in [0.2, 0.25) is 0 Å². The van der Waals surface area contributed by atoms with Crippen LogP contribution in [0.15, 0.2) is 82.6 Å². The molecule has 1 saturated heterocycles. The fourth-order valence-corrected chi connectivity index (χ4v) is 4.18. The molecule has 6 nitrogen and oxygen atoms in total. The van der Waals surface area contributed by atoms with Gasteiger partial charge in [0, 0.05) is 48.7 Å². The minimum Gasteiger partial charge on any atom is -0.504 e. The van der Waals surface area contributed by atoms with Gasteiger partial charge in [-0.3, -0.25) is 4.99 Å². The number of carbonyl (C=O) groups is 1. The van der Waals surface area contributed by atoms with Gasteiger partial charge >= 0.3 is 5.97 Å². The number of carboxylic acids is 1. The number of aliphatic imine (C=N–C) groups is 1. The van der Waals surface area contributed by atoms with Gasteiger partial charge in [0.1, 0.15) is 0 Å². The second kappa shape index (κ2) is 15.7. The van der Waals surface area contributed by atoms with E-state index in [-0.39, 0.29) is 5.57 Å². The predicted molar refractivity (Wildman–Crippen MR) is 152 cm³/mol. The average Bonchev–Trinajstić information content (AvgIpc) is 3.32. The molecule has 36 heavy (non-hydrogen) atoms. The van der Waals surface area contributed by atoms with Gasteiger partial charge in [-0.05, 0) is 56.0 Å². The standard InChI is InChI=1S/C20H26ClN3.C9H12O3/c1-16(21)12-19-14-23-15-22-13-18(19)7-4-17-5-8-20(9-6-17)24-10-2-3-11-24;1-4-7(2)8(9(10)11)5-6-12-3/h4-9,12,15,18-19H,2-3,10-11,13-14H2,1H3,(H,22,23);4-6H,1H2,2-3H3,(H,10,11)/b7-4+,16-12+;6-5+,8-7+. The Labute approximate surface area is 220 Å². The van der Waals surface area contributed by atoms with Gasteiger partial charge in [-0.25, -0.2) is 4.79 Å². The number of aliphatic carboxylic acids is 1. The second-order valence-electron chi connectivity index (χ2n) is 8.77. The van der Waals surface area contributed by atoms with Crippen LogP contribution in [0.3, 0.4) is 0 Å². The third-order valence-electron chi connectivity index (χ3n) is 6.08. The van der Waals surface area contributed by atoms with Crippen molar-refractivity contribution in [3.63, 3.8) is 0 Å². The highest BCUT2D eigenvalue weighted by Gasteiger charge is 2.18. The Morgan fingerprint density at radius 1 is 1.22 bits per heavy atom. The van der Waals surface area contributed by atoms with E-state index in [2.05, 4.69) is 69.0 Å². The lowest BCUT2D eigenvalue weighted by atomic mass is 9.91. The van der Waals surface area contributed by atoms with Crippen molar-refractivity contribution in [3.05, 3.63) is 83.2 Å². The van der Waals surface area contributed by atoms with Crippen LogP contribution in [0.25, 0.3) is 6.08 Å². The summed E-state index contributed by atoms with van der Waals surface area (Å²) in [4.78, 5) is 17.4. The molecule has 3 rings (SSSR count). The van der Waals surface area contributed by atoms with E-state index in [1.807, 2.05) is 13.3 Å². The molecule has 0 spiro atoms. The van der Waals surface area contributed by atoms with Crippen LogP contribution < -0.4 is 10.2 Å². The summed E-state index contributed by atoms with van der Waals surface area (Å²) in [5.74, 6) is -0.256. The maximum absolute atomic E-state index is 10.6. The molecule has 0 bridgehead atoms. The van der Waals surface area contributed by atoms with Crippen molar-refractivity contribution in [2.45, 2.75) is 26.7 Å². The van der Waals surface area contributed by atoms with E-state index in [4.69, 9.17) is 16.7 Å². The largest absolute Gasteiger partial charge is 0.504 e. The van der Waals surface area contributed by atoms with E-state index in [1.54, 1.807) is 6.92 Å². The number of nitrogens with zero attached hydrogens (tertiary/aromatic N) is 2. The zero-order valence-corrected chi connectivity index (χ0v) is 22.2. The minimum atomic E-state index is -0.985. The lowest BCUT2D eigenvalue weighted by Gasteiger charge is -2.19. The molecule has 2 atom stereocenters. The third-order valence-corrected chi connectivity index (χ3v) is 6.20. The molecule has 0 aliphatic carbocycles. The topological polar surface area (TPSA) is 74.2 Å². The zero-order valence-electron chi connectivity index (χ0n) is 21.5. The first-order valence-electron chi connectivity index (χ1n) is 12.2. The number of halogens is 1. The average molecular weight is 512 g/mol. The number of ether oxygens (including phenoxy) is 1. The number of hydrogen-bond donors (Lipinski definition) is 2. The Hall–Kier alpha value is -3.25. The van der Waals surface area contributed by atoms with E-state index >= 15 is 0 Å². The fraction of sp³-hybridized carbons (Fsp3) is 0.379. The smallest absolute Gasteiger partial charge is 0.336 e. The molecule has 2 aliphatic rings. The number of allylic oxidation sites excluding steroid dienone is 3. The van der Waals surface area contributed by atoms with Gasteiger partial charge in [0.25, 0.3) is 0 Å². The van der Waals surface area contributed by atoms with Crippen molar-refractivity contribution in [1.29, 1.82) is 0 Å². The summed E-state index contributed by atoms with van der Waals surface area (Å²) < 4.78 is 4.60. The lowest BCUT2D eigenvalue weighted by molar-refractivity contribution is -0.132. The molecule has 7 heteroatoms. The summed E-state index contributed by atoms with van der Waals surface area (Å²) in [6.45, 7) is 11.1. The van der Waals surface area contributed by atoms with E-state index < -0.39 is 5.97 Å². The maximum Gasteiger partial charge on any atom is 0.336 e. The molecular weight excluding hydrogens is 474 g/mol. The molecule has 0 aromatic heterocycles. The first-order valence-corrected chi connectivity index (χ1v) is 12.6. The van der Waals surface area contributed by atoms with Crippen LogP contribution in [-0.4, -0.2) is 50.7 Å². The number of nitrogens with one attached hydrogen (secondary N) is 1. The van der Waals surface area contributed by atoms with E-state index in [0.717, 1.165) is 18.1 Å². The van der Waals surface area contributed by atoms with Gasteiger partial charge in [-0.2, -0.15) is 0 Å². The predicted octanol–water partition coefficient (Wildman–Crippen LogP) is 6.04. The van der Waals surface area contributed by atoms with Crippen molar-refractivity contribution in [2.75, 3.05) is 38.2 Å². The molecule has 0 amide bonds. The summed E-state index contributed by atoms with van der Waals surface area (Å²) in [6, 6.07) is 8.89. The second-order valence-corrected chi connectivity index (χ2v) is 9.37. The number of hydrogen-bond acceptors (Lipinski definition) is 5. The number of rotatable bonds is 8. The molecule has 194 valence electrons.